The Balaban J connectivity index is 1.60. The van der Waals surface area contributed by atoms with Gasteiger partial charge in [0.15, 0.2) is 17.9 Å². The SMILES string of the molecule is COOS/N=C(\c1ccc(NC(=O)c2cc(C(F)(F)F)nn2-c2ccc(F)c(CN)c2)cc1)N1CCCC1. The molecule has 14 heteroatoms. The van der Waals surface area contributed by atoms with Gasteiger partial charge in [0.25, 0.3) is 5.91 Å². The molecule has 0 bridgehead atoms. The number of anilines is 1. The van der Waals surface area contributed by atoms with Gasteiger partial charge in [-0.25, -0.2) is 14.0 Å². The molecule has 2 aromatic carbocycles. The fourth-order valence-corrected chi connectivity index (χ4v) is 4.31. The van der Waals surface area contributed by atoms with Crippen molar-refractivity contribution in [2.45, 2.75) is 25.6 Å². The lowest BCUT2D eigenvalue weighted by Crippen LogP contribution is -2.28. The highest BCUT2D eigenvalue weighted by Gasteiger charge is 2.36. The lowest BCUT2D eigenvalue weighted by molar-refractivity contribution is -0.160. The molecule has 1 fully saturated rings. The van der Waals surface area contributed by atoms with E-state index in [-0.39, 0.29) is 23.5 Å². The van der Waals surface area contributed by atoms with E-state index in [9.17, 15) is 22.4 Å². The first-order valence-electron chi connectivity index (χ1n) is 11.5. The van der Waals surface area contributed by atoms with Crippen LogP contribution in [0.5, 0.6) is 0 Å². The van der Waals surface area contributed by atoms with Gasteiger partial charge in [-0.05, 0) is 55.3 Å². The minimum absolute atomic E-state index is 0.0603. The van der Waals surface area contributed by atoms with Crippen LogP contribution in [-0.4, -0.2) is 46.6 Å². The Hall–Kier alpha value is -3.46. The number of nitrogens with zero attached hydrogens (tertiary/aromatic N) is 4. The highest BCUT2D eigenvalue weighted by atomic mass is 32.2. The van der Waals surface area contributed by atoms with Crippen LogP contribution in [0.3, 0.4) is 0 Å². The van der Waals surface area contributed by atoms with Crippen LogP contribution >= 0.6 is 12.2 Å². The van der Waals surface area contributed by atoms with E-state index in [4.69, 9.17) is 10.1 Å². The van der Waals surface area contributed by atoms with Crippen LogP contribution in [0.1, 0.15) is 40.2 Å². The summed E-state index contributed by atoms with van der Waals surface area (Å²) in [6, 6.07) is 10.8. The minimum atomic E-state index is -4.80. The summed E-state index contributed by atoms with van der Waals surface area (Å²) in [5, 5.41) is 6.15. The quantitative estimate of drug-likeness (QED) is 0.0609. The summed E-state index contributed by atoms with van der Waals surface area (Å²) >= 11 is 0.784. The van der Waals surface area contributed by atoms with E-state index in [0.29, 0.717) is 17.6 Å². The van der Waals surface area contributed by atoms with Crippen molar-refractivity contribution in [1.29, 1.82) is 0 Å². The van der Waals surface area contributed by atoms with Gasteiger partial charge in [-0.2, -0.15) is 22.7 Å². The van der Waals surface area contributed by atoms with Gasteiger partial charge < -0.3 is 16.0 Å². The topological polar surface area (TPSA) is 107 Å². The monoisotopic (exact) mass is 552 g/mol. The third-order valence-electron chi connectivity index (χ3n) is 5.75. The number of alkyl halides is 3. The smallest absolute Gasteiger partial charge is 0.356 e. The maximum absolute atomic E-state index is 13.9. The standard InChI is InChI=1S/C24H24F4N6O3S/c1-36-37-38-32-22(33-10-2-3-11-33)15-4-6-17(7-5-15)30-23(35)20-13-21(24(26,27)28)31-34(20)18-8-9-19(25)16(12-18)14-29/h4-9,12-13H,2-3,10-11,14,29H2,1H3,(H,30,35)/b32-22+. The fourth-order valence-electron chi connectivity index (χ4n) is 3.93. The van der Waals surface area contributed by atoms with Crippen LogP contribution in [-0.2, 0) is 21.9 Å². The number of carbonyl (C=O) groups is 1. The van der Waals surface area contributed by atoms with Crippen molar-refractivity contribution in [3.05, 3.63) is 76.9 Å². The molecule has 2 heterocycles. The molecule has 1 aromatic heterocycles. The van der Waals surface area contributed by atoms with E-state index in [1.807, 2.05) is 0 Å². The van der Waals surface area contributed by atoms with Crippen LogP contribution in [0.15, 0.2) is 52.9 Å². The van der Waals surface area contributed by atoms with Crippen LogP contribution in [0, 0.1) is 5.82 Å². The summed E-state index contributed by atoms with van der Waals surface area (Å²) in [6.45, 7) is 1.47. The van der Waals surface area contributed by atoms with E-state index in [2.05, 4.69) is 24.6 Å². The van der Waals surface area contributed by atoms with Gasteiger partial charge in [0.1, 0.15) is 17.3 Å². The van der Waals surface area contributed by atoms with Crippen molar-refractivity contribution >= 4 is 29.7 Å². The molecule has 1 amide bonds. The maximum atomic E-state index is 13.9. The second-order valence-electron chi connectivity index (χ2n) is 8.25. The third-order valence-corrected chi connectivity index (χ3v) is 6.20. The number of halogens is 4. The zero-order valence-corrected chi connectivity index (χ0v) is 21.0. The predicted octanol–water partition coefficient (Wildman–Crippen LogP) is 4.72. The summed E-state index contributed by atoms with van der Waals surface area (Å²) in [4.78, 5) is 19.7. The molecule has 0 spiro atoms. The molecule has 3 aromatic rings. The average Bonchev–Trinajstić information content (AvgIpc) is 3.58. The number of hydrogen-bond donors (Lipinski definition) is 2. The summed E-state index contributed by atoms with van der Waals surface area (Å²) in [5.74, 6) is -0.784. The first-order chi connectivity index (χ1) is 18.2. The van der Waals surface area contributed by atoms with Crippen LogP contribution in [0.25, 0.3) is 5.69 Å². The molecule has 202 valence electrons. The zero-order valence-electron chi connectivity index (χ0n) is 20.2. The van der Waals surface area contributed by atoms with E-state index >= 15 is 0 Å². The number of amides is 1. The molecule has 0 aliphatic carbocycles. The summed E-state index contributed by atoms with van der Waals surface area (Å²) in [7, 11) is 1.37. The minimum Gasteiger partial charge on any atom is -0.356 e. The number of aromatic nitrogens is 2. The van der Waals surface area contributed by atoms with Crippen LogP contribution in [0.2, 0.25) is 0 Å². The van der Waals surface area contributed by atoms with Crippen molar-refractivity contribution in [3.8, 4) is 5.69 Å². The second kappa shape index (κ2) is 11.9. The number of hydrogen-bond acceptors (Lipinski definition) is 7. The number of carbonyl (C=O) groups excluding carboxylic acids is 1. The van der Waals surface area contributed by atoms with Crippen LogP contribution in [0.4, 0.5) is 23.2 Å². The van der Waals surface area contributed by atoms with Crippen LogP contribution < -0.4 is 11.1 Å². The second-order valence-corrected chi connectivity index (χ2v) is 8.72. The number of benzene rings is 2. The molecular formula is C24H24F4N6O3S. The normalized spacial score (nSPS) is 14.3. The van der Waals surface area contributed by atoms with E-state index in [1.54, 1.807) is 24.3 Å². The van der Waals surface area contributed by atoms with Gasteiger partial charge in [-0.1, -0.05) is 0 Å². The number of rotatable bonds is 8. The Morgan fingerprint density at radius 3 is 2.50 bits per heavy atom. The van der Waals surface area contributed by atoms with Gasteiger partial charge in [0, 0.05) is 42.5 Å². The molecule has 9 nitrogen and oxygen atoms in total. The molecule has 0 saturated carbocycles. The Labute approximate surface area is 219 Å². The van der Waals surface area contributed by atoms with E-state index in [0.717, 1.165) is 54.5 Å². The van der Waals surface area contributed by atoms with E-state index < -0.39 is 23.6 Å². The molecule has 0 unspecified atom stereocenters. The summed E-state index contributed by atoms with van der Waals surface area (Å²) < 4.78 is 64.2. The molecule has 1 aliphatic heterocycles. The average molecular weight is 553 g/mol. The molecule has 38 heavy (non-hydrogen) atoms. The Morgan fingerprint density at radius 2 is 1.87 bits per heavy atom. The first kappa shape index (κ1) is 27.6. The molecule has 0 radical (unpaired) electrons. The number of nitrogens with two attached hydrogens (primary N) is 1. The first-order valence-corrected chi connectivity index (χ1v) is 12.2. The summed E-state index contributed by atoms with van der Waals surface area (Å²) in [5.41, 5.74) is 5.09. The molecule has 3 N–H and O–H groups in total. The lowest BCUT2D eigenvalue weighted by atomic mass is 10.1. The predicted molar refractivity (Wildman–Crippen MR) is 134 cm³/mol. The number of amidine groups is 1. The number of likely N-dealkylation sites (tertiary alicyclic amines) is 1. The largest absolute Gasteiger partial charge is 0.435 e. The molecule has 1 aliphatic rings. The molecule has 4 rings (SSSR count). The fraction of sp³-hybridized carbons (Fsp3) is 0.292. The molecule has 0 atom stereocenters. The van der Waals surface area contributed by atoms with Crippen molar-refractivity contribution < 1.29 is 31.6 Å². The Morgan fingerprint density at radius 1 is 1.16 bits per heavy atom. The van der Waals surface area contributed by atoms with Crippen molar-refractivity contribution in [1.82, 2.24) is 14.7 Å². The maximum Gasteiger partial charge on any atom is 0.435 e. The molecular weight excluding hydrogens is 528 g/mol. The highest BCUT2D eigenvalue weighted by Crippen LogP contribution is 2.30. The zero-order chi connectivity index (χ0) is 27.3. The van der Waals surface area contributed by atoms with Gasteiger partial charge in [-0.15, -0.1) is 4.33 Å². The Kier molecular flexibility index (Phi) is 8.66. The van der Waals surface area contributed by atoms with Gasteiger partial charge in [0.05, 0.1) is 12.8 Å². The van der Waals surface area contributed by atoms with Crippen molar-refractivity contribution in [2.75, 3.05) is 25.5 Å². The van der Waals surface area contributed by atoms with E-state index in [1.165, 1.54) is 19.2 Å². The van der Waals surface area contributed by atoms with Gasteiger partial charge in [-0.3, -0.25) is 4.79 Å². The third kappa shape index (κ3) is 6.32. The van der Waals surface area contributed by atoms with Crippen molar-refractivity contribution in [2.24, 2.45) is 10.1 Å². The van der Waals surface area contributed by atoms with Gasteiger partial charge >= 0.3 is 6.18 Å². The Bertz CT molecular complexity index is 1310. The van der Waals surface area contributed by atoms with Crippen molar-refractivity contribution in [3.63, 3.8) is 0 Å². The number of nitrogens with one attached hydrogen (secondary N) is 1. The van der Waals surface area contributed by atoms with Gasteiger partial charge in [0.2, 0.25) is 0 Å². The lowest BCUT2D eigenvalue weighted by Gasteiger charge is -2.20. The highest BCUT2D eigenvalue weighted by molar-refractivity contribution is 7.93. The molecule has 1 saturated heterocycles. The summed E-state index contributed by atoms with van der Waals surface area (Å²) in [6.07, 6.45) is -2.75.